The Balaban J connectivity index is 1.71. The molecule has 0 spiro atoms. The molecule has 106 valence electrons. The standard InChI is InChI=1S/C16H21N3O/c1-19(2)12-6-9-14-17-15(20-18-14)16(10-11-16)13-7-4-3-5-8-13/h3-5,7-8H,6,9-12H2,1-2H3. The van der Waals surface area contributed by atoms with Crippen molar-refractivity contribution in [2.45, 2.75) is 31.1 Å². The quantitative estimate of drug-likeness (QED) is 0.810. The summed E-state index contributed by atoms with van der Waals surface area (Å²) in [6, 6.07) is 10.5. The fourth-order valence-corrected chi connectivity index (χ4v) is 2.61. The van der Waals surface area contributed by atoms with Crippen LogP contribution in [0, 0.1) is 0 Å². The number of hydrogen-bond acceptors (Lipinski definition) is 4. The number of aromatic nitrogens is 2. The normalized spacial score (nSPS) is 16.6. The predicted octanol–water partition coefficient (Wildman–Crippen LogP) is 2.64. The second-order valence-electron chi connectivity index (χ2n) is 5.87. The van der Waals surface area contributed by atoms with Gasteiger partial charge in [-0.2, -0.15) is 4.98 Å². The van der Waals surface area contributed by atoms with E-state index in [-0.39, 0.29) is 5.41 Å². The van der Waals surface area contributed by atoms with Crippen molar-refractivity contribution in [2.24, 2.45) is 0 Å². The molecule has 4 heteroatoms. The van der Waals surface area contributed by atoms with Gasteiger partial charge in [0.05, 0.1) is 5.41 Å². The van der Waals surface area contributed by atoms with E-state index >= 15 is 0 Å². The molecular formula is C16H21N3O. The summed E-state index contributed by atoms with van der Waals surface area (Å²) in [4.78, 5) is 6.80. The lowest BCUT2D eigenvalue weighted by molar-refractivity contribution is 0.353. The van der Waals surface area contributed by atoms with Gasteiger partial charge in [0.15, 0.2) is 5.82 Å². The lowest BCUT2D eigenvalue weighted by Gasteiger charge is -2.09. The van der Waals surface area contributed by atoms with Crippen molar-refractivity contribution in [3.05, 3.63) is 47.6 Å². The van der Waals surface area contributed by atoms with Gasteiger partial charge in [-0.15, -0.1) is 0 Å². The van der Waals surface area contributed by atoms with Gasteiger partial charge in [0, 0.05) is 6.42 Å². The van der Waals surface area contributed by atoms with Crippen LogP contribution in [0.15, 0.2) is 34.9 Å². The SMILES string of the molecule is CN(C)CCCc1noc(C2(c3ccccc3)CC2)n1. The van der Waals surface area contributed by atoms with E-state index in [1.54, 1.807) is 0 Å². The van der Waals surface area contributed by atoms with E-state index in [0.29, 0.717) is 0 Å². The predicted molar refractivity (Wildman–Crippen MR) is 77.6 cm³/mol. The number of hydrogen-bond donors (Lipinski definition) is 0. The Labute approximate surface area is 119 Å². The number of nitrogens with zero attached hydrogens (tertiary/aromatic N) is 3. The molecule has 1 fully saturated rings. The molecule has 0 atom stereocenters. The maximum Gasteiger partial charge on any atom is 0.237 e. The Morgan fingerprint density at radius 3 is 2.60 bits per heavy atom. The van der Waals surface area contributed by atoms with E-state index in [9.17, 15) is 0 Å². The van der Waals surface area contributed by atoms with Gasteiger partial charge in [-0.25, -0.2) is 0 Å². The highest BCUT2D eigenvalue weighted by molar-refractivity contribution is 5.37. The molecule has 1 saturated carbocycles. The third-order valence-electron chi connectivity index (χ3n) is 3.96. The van der Waals surface area contributed by atoms with E-state index in [0.717, 1.165) is 43.9 Å². The molecule has 0 amide bonds. The fraction of sp³-hybridized carbons (Fsp3) is 0.500. The third kappa shape index (κ3) is 2.61. The minimum absolute atomic E-state index is 0.00589. The molecule has 0 saturated heterocycles. The summed E-state index contributed by atoms with van der Waals surface area (Å²) >= 11 is 0. The lowest BCUT2D eigenvalue weighted by atomic mass is 9.96. The van der Waals surface area contributed by atoms with Crippen LogP contribution >= 0.6 is 0 Å². The van der Waals surface area contributed by atoms with Gasteiger partial charge in [-0.1, -0.05) is 35.5 Å². The second-order valence-corrected chi connectivity index (χ2v) is 5.87. The summed E-state index contributed by atoms with van der Waals surface area (Å²) in [5.74, 6) is 1.63. The first-order chi connectivity index (χ1) is 9.71. The molecule has 1 heterocycles. The molecule has 3 rings (SSSR count). The largest absolute Gasteiger partial charge is 0.338 e. The summed E-state index contributed by atoms with van der Waals surface area (Å²) < 4.78 is 5.53. The molecule has 0 aliphatic heterocycles. The zero-order valence-corrected chi connectivity index (χ0v) is 12.2. The molecule has 2 aromatic rings. The first-order valence-corrected chi connectivity index (χ1v) is 7.24. The van der Waals surface area contributed by atoms with Crippen molar-refractivity contribution in [2.75, 3.05) is 20.6 Å². The Morgan fingerprint density at radius 2 is 1.95 bits per heavy atom. The summed E-state index contributed by atoms with van der Waals surface area (Å²) in [7, 11) is 4.16. The van der Waals surface area contributed by atoms with Crippen molar-refractivity contribution in [3.8, 4) is 0 Å². The smallest absolute Gasteiger partial charge is 0.237 e. The van der Waals surface area contributed by atoms with Crippen LogP contribution in [-0.4, -0.2) is 35.7 Å². The Morgan fingerprint density at radius 1 is 1.20 bits per heavy atom. The van der Waals surface area contributed by atoms with Crippen LogP contribution in [0.3, 0.4) is 0 Å². The average Bonchev–Trinajstić information content (AvgIpc) is 3.13. The summed E-state index contributed by atoms with van der Waals surface area (Å²) in [5, 5.41) is 4.14. The van der Waals surface area contributed by atoms with Gasteiger partial charge < -0.3 is 9.42 Å². The Hall–Kier alpha value is -1.68. The van der Waals surface area contributed by atoms with Crippen molar-refractivity contribution in [1.82, 2.24) is 15.0 Å². The minimum Gasteiger partial charge on any atom is -0.338 e. The van der Waals surface area contributed by atoms with Crippen LogP contribution in [0.1, 0.15) is 36.5 Å². The lowest BCUT2D eigenvalue weighted by Crippen LogP contribution is -2.14. The van der Waals surface area contributed by atoms with Crippen molar-refractivity contribution in [1.29, 1.82) is 0 Å². The average molecular weight is 271 g/mol. The molecule has 20 heavy (non-hydrogen) atoms. The number of rotatable bonds is 6. The maximum absolute atomic E-state index is 5.53. The van der Waals surface area contributed by atoms with Crippen LogP contribution < -0.4 is 0 Å². The van der Waals surface area contributed by atoms with E-state index in [1.807, 2.05) is 6.07 Å². The van der Waals surface area contributed by atoms with E-state index in [1.165, 1.54) is 5.56 Å². The first-order valence-electron chi connectivity index (χ1n) is 7.24. The number of aryl methyl sites for hydroxylation is 1. The summed E-state index contributed by atoms with van der Waals surface area (Å²) in [6.07, 6.45) is 4.16. The van der Waals surface area contributed by atoms with Crippen LogP contribution in [0.4, 0.5) is 0 Å². The highest BCUT2D eigenvalue weighted by Gasteiger charge is 2.50. The first kappa shape index (κ1) is 13.3. The zero-order chi connectivity index (χ0) is 14.0. The van der Waals surface area contributed by atoms with Gasteiger partial charge in [-0.05, 0) is 45.5 Å². The van der Waals surface area contributed by atoms with Crippen LogP contribution in [-0.2, 0) is 11.8 Å². The van der Waals surface area contributed by atoms with Crippen molar-refractivity contribution in [3.63, 3.8) is 0 Å². The highest BCUT2D eigenvalue weighted by Crippen LogP contribution is 2.52. The van der Waals surface area contributed by atoms with E-state index < -0.39 is 0 Å². The molecular weight excluding hydrogens is 250 g/mol. The van der Waals surface area contributed by atoms with Gasteiger partial charge in [-0.3, -0.25) is 0 Å². The zero-order valence-electron chi connectivity index (χ0n) is 12.2. The van der Waals surface area contributed by atoms with Gasteiger partial charge in [0.25, 0.3) is 0 Å². The third-order valence-corrected chi connectivity index (χ3v) is 3.96. The molecule has 1 aliphatic carbocycles. The minimum atomic E-state index is -0.00589. The molecule has 4 nitrogen and oxygen atoms in total. The number of benzene rings is 1. The molecule has 0 radical (unpaired) electrons. The molecule has 1 aromatic heterocycles. The van der Waals surface area contributed by atoms with Crippen LogP contribution in [0.5, 0.6) is 0 Å². The monoisotopic (exact) mass is 271 g/mol. The highest BCUT2D eigenvalue weighted by atomic mass is 16.5. The Bertz CT molecular complexity index is 558. The fourth-order valence-electron chi connectivity index (χ4n) is 2.61. The van der Waals surface area contributed by atoms with Crippen molar-refractivity contribution < 1.29 is 4.52 Å². The van der Waals surface area contributed by atoms with Crippen LogP contribution in [0.25, 0.3) is 0 Å². The molecule has 0 N–H and O–H groups in total. The van der Waals surface area contributed by atoms with Crippen molar-refractivity contribution >= 4 is 0 Å². The van der Waals surface area contributed by atoms with Gasteiger partial charge in [0.2, 0.25) is 5.89 Å². The topological polar surface area (TPSA) is 42.2 Å². The summed E-state index contributed by atoms with van der Waals surface area (Å²) in [6.45, 7) is 1.05. The van der Waals surface area contributed by atoms with Gasteiger partial charge >= 0.3 is 0 Å². The summed E-state index contributed by atoms with van der Waals surface area (Å²) in [5.41, 5.74) is 1.29. The molecule has 0 unspecified atom stereocenters. The van der Waals surface area contributed by atoms with E-state index in [2.05, 4.69) is 53.4 Å². The maximum atomic E-state index is 5.53. The molecule has 1 aromatic carbocycles. The van der Waals surface area contributed by atoms with Gasteiger partial charge in [0.1, 0.15) is 0 Å². The Kier molecular flexibility index (Phi) is 3.57. The van der Waals surface area contributed by atoms with E-state index in [4.69, 9.17) is 4.52 Å². The molecule has 0 bridgehead atoms. The van der Waals surface area contributed by atoms with Crippen LogP contribution in [0.2, 0.25) is 0 Å². The molecule has 1 aliphatic rings. The second kappa shape index (κ2) is 5.37.